The van der Waals surface area contributed by atoms with Crippen LogP contribution in [0.4, 0.5) is 5.95 Å². The number of aromatic nitrogens is 2. The molecule has 5 rings (SSSR count). The number of hydrogen-bond acceptors (Lipinski definition) is 8. The Morgan fingerprint density at radius 3 is 2.62 bits per heavy atom. The summed E-state index contributed by atoms with van der Waals surface area (Å²) in [5, 5.41) is 4.13. The summed E-state index contributed by atoms with van der Waals surface area (Å²) in [7, 11) is 2.17. The predicted octanol–water partition coefficient (Wildman–Crippen LogP) is 2.72. The van der Waals surface area contributed by atoms with Crippen LogP contribution < -0.4 is 11.1 Å². The van der Waals surface area contributed by atoms with E-state index in [-0.39, 0.29) is 23.3 Å². The summed E-state index contributed by atoms with van der Waals surface area (Å²) in [6.07, 6.45) is 9.54. The van der Waals surface area contributed by atoms with Crippen LogP contribution in [0.3, 0.4) is 0 Å². The first-order valence-electron chi connectivity index (χ1n) is 12.4. The number of amidine groups is 1. The summed E-state index contributed by atoms with van der Waals surface area (Å²) in [5.74, 6) is 1.40. The zero-order chi connectivity index (χ0) is 23.7. The van der Waals surface area contributed by atoms with E-state index in [0.717, 1.165) is 63.1 Å². The molecule has 1 unspecified atom stereocenters. The number of nitrogens with one attached hydrogen (secondary N) is 1. The monoisotopic (exact) mass is 461 g/mol. The van der Waals surface area contributed by atoms with Crippen LogP contribution in [0.2, 0.25) is 0 Å². The molecule has 0 radical (unpaired) electrons. The molecule has 0 amide bonds. The quantitative estimate of drug-likeness (QED) is 0.676. The zero-order valence-electron chi connectivity index (χ0n) is 20.2. The number of Topliss-reactive ketones (excluding diaryl/α,β-unsaturated/α-hetero) is 1. The molecule has 1 atom stereocenters. The van der Waals surface area contributed by atoms with E-state index in [1.54, 1.807) is 6.20 Å². The van der Waals surface area contributed by atoms with Crippen LogP contribution in [-0.4, -0.2) is 82.7 Å². The second-order valence-corrected chi connectivity index (χ2v) is 10.2. The SMILES string of the molecule is CN1CCN(C2(C)C=CC(Nc3ncc4cccc(C(=O)C5CCC(N)CC5)c4n3)=NC2)CC1. The highest BCUT2D eigenvalue weighted by Crippen LogP contribution is 2.29. The number of aliphatic imine (C=N–C) groups is 1. The molecule has 1 saturated carbocycles. The van der Waals surface area contributed by atoms with Gasteiger partial charge in [-0.2, -0.15) is 0 Å². The molecule has 3 N–H and O–H groups in total. The number of anilines is 1. The van der Waals surface area contributed by atoms with Gasteiger partial charge in [0.2, 0.25) is 5.95 Å². The first-order valence-corrected chi connectivity index (χ1v) is 12.4. The van der Waals surface area contributed by atoms with Crippen molar-refractivity contribution >= 4 is 28.5 Å². The number of likely N-dealkylation sites (N-methyl/N-ethyl adjacent to an activating group) is 1. The number of hydrogen-bond donors (Lipinski definition) is 2. The van der Waals surface area contributed by atoms with Gasteiger partial charge in [0.15, 0.2) is 5.78 Å². The molecule has 2 fully saturated rings. The Balaban J connectivity index is 1.31. The highest BCUT2D eigenvalue weighted by atomic mass is 16.1. The van der Waals surface area contributed by atoms with Crippen molar-refractivity contribution in [2.75, 3.05) is 45.1 Å². The molecule has 180 valence electrons. The first-order chi connectivity index (χ1) is 16.4. The second kappa shape index (κ2) is 9.52. The Bertz CT molecular complexity index is 1110. The number of carbonyl (C=O) groups is 1. The van der Waals surface area contributed by atoms with E-state index in [9.17, 15) is 4.79 Å². The largest absolute Gasteiger partial charge is 0.328 e. The lowest BCUT2D eigenvalue weighted by Crippen LogP contribution is -2.56. The van der Waals surface area contributed by atoms with Crippen molar-refractivity contribution in [1.82, 2.24) is 19.8 Å². The molecule has 8 nitrogen and oxygen atoms in total. The van der Waals surface area contributed by atoms with Gasteiger partial charge in [0.1, 0.15) is 5.84 Å². The summed E-state index contributed by atoms with van der Waals surface area (Å²) in [6, 6.07) is 5.97. The fraction of sp³-hybridized carbons (Fsp3) is 0.538. The molecule has 2 aromatic rings. The molecule has 8 heteroatoms. The van der Waals surface area contributed by atoms with Crippen molar-refractivity contribution in [2.24, 2.45) is 16.6 Å². The Morgan fingerprint density at radius 2 is 1.91 bits per heavy atom. The molecule has 0 spiro atoms. The van der Waals surface area contributed by atoms with Gasteiger partial charge in [0, 0.05) is 55.3 Å². The second-order valence-electron chi connectivity index (χ2n) is 10.2. The minimum Gasteiger partial charge on any atom is -0.328 e. The molecule has 2 aliphatic heterocycles. The van der Waals surface area contributed by atoms with Crippen molar-refractivity contribution in [2.45, 2.75) is 44.2 Å². The molecule has 1 aromatic carbocycles. The lowest BCUT2D eigenvalue weighted by Gasteiger charge is -2.44. The van der Waals surface area contributed by atoms with Crippen molar-refractivity contribution in [3.63, 3.8) is 0 Å². The fourth-order valence-corrected chi connectivity index (χ4v) is 5.24. The number of dihydropyridines is 1. The van der Waals surface area contributed by atoms with Crippen LogP contribution in [-0.2, 0) is 0 Å². The Labute approximate surface area is 201 Å². The van der Waals surface area contributed by atoms with Gasteiger partial charge in [-0.3, -0.25) is 14.7 Å². The number of para-hydroxylation sites is 1. The van der Waals surface area contributed by atoms with Gasteiger partial charge in [-0.15, -0.1) is 0 Å². The third-order valence-electron chi connectivity index (χ3n) is 7.65. The van der Waals surface area contributed by atoms with E-state index >= 15 is 0 Å². The van der Waals surface area contributed by atoms with Crippen LogP contribution in [0.5, 0.6) is 0 Å². The lowest BCUT2D eigenvalue weighted by molar-refractivity contribution is 0.0836. The van der Waals surface area contributed by atoms with E-state index in [1.165, 1.54) is 0 Å². The number of rotatable bonds is 4. The number of ketones is 1. The number of piperazine rings is 1. The number of nitrogens with zero attached hydrogens (tertiary/aromatic N) is 5. The lowest BCUT2D eigenvalue weighted by atomic mass is 9.81. The molecular formula is C26H35N7O. The highest BCUT2D eigenvalue weighted by Gasteiger charge is 2.33. The number of nitrogens with two attached hydrogens (primary N) is 1. The van der Waals surface area contributed by atoms with Gasteiger partial charge in [0.05, 0.1) is 17.6 Å². The Hall–Kier alpha value is -2.68. The average molecular weight is 462 g/mol. The van der Waals surface area contributed by atoms with Crippen LogP contribution in [0.15, 0.2) is 41.5 Å². The van der Waals surface area contributed by atoms with Crippen molar-refractivity contribution in [3.8, 4) is 0 Å². The molecule has 1 aromatic heterocycles. The van der Waals surface area contributed by atoms with Crippen molar-refractivity contribution < 1.29 is 4.79 Å². The molecule has 3 aliphatic rings. The Morgan fingerprint density at radius 1 is 1.15 bits per heavy atom. The van der Waals surface area contributed by atoms with Crippen LogP contribution >= 0.6 is 0 Å². The minimum absolute atomic E-state index is 0.0229. The molecular weight excluding hydrogens is 426 g/mol. The minimum atomic E-state index is -0.0706. The summed E-state index contributed by atoms with van der Waals surface area (Å²) in [6.45, 7) is 7.20. The van der Waals surface area contributed by atoms with Crippen LogP contribution in [0.25, 0.3) is 10.9 Å². The maximum atomic E-state index is 13.3. The van der Waals surface area contributed by atoms with Gasteiger partial charge in [-0.25, -0.2) is 9.97 Å². The normalized spacial score (nSPS) is 28.6. The van der Waals surface area contributed by atoms with Crippen LogP contribution in [0.1, 0.15) is 43.0 Å². The Kier molecular flexibility index (Phi) is 6.46. The predicted molar refractivity (Wildman–Crippen MR) is 136 cm³/mol. The molecule has 1 aliphatic carbocycles. The van der Waals surface area contributed by atoms with E-state index < -0.39 is 0 Å². The zero-order valence-corrected chi connectivity index (χ0v) is 20.2. The fourth-order valence-electron chi connectivity index (χ4n) is 5.24. The molecule has 34 heavy (non-hydrogen) atoms. The maximum Gasteiger partial charge on any atom is 0.228 e. The van der Waals surface area contributed by atoms with Crippen molar-refractivity contribution in [1.29, 1.82) is 0 Å². The average Bonchev–Trinajstić information content (AvgIpc) is 2.85. The van der Waals surface area contributed by atoms with Gasteiger partial charge < -0.3 is 16.0 Å². The molecule has 1 saturated heterocycles. The maximum absolute atomic E-state index is 13.3. The standard InChI is InChI=1S/C26H35N7O/c1-26(33-14-12-32(2)13-15-33)11-10-22(29-17-26)30-25-28-16-19-4-3-5-21(23(19)31-25)24(34)18-6-8-20(27)9-7-18/h3-5,10-11,16,18,20H,6-9,12-15,17,27H2,1-2H3,(H,28,29,30,31). The smallest absolute Gasteiger partial charge is 0.228 e. The highest BCUT2D eigenvalue weighted by molar-refractivity contribution is 6.08. The first kappa shape index (κ1) is 23.1. The number of benzene rings is 1. The van der Waals surface area contributed by atoms with E-state index in [2.05, 4.69) is 40.1 Å². The van der Waals surface area contributed by atoms with Gasteiger partial charge in [-0.1, -0.05) is 18.2 Å². The van der Waals surface area contributed by atoms with Crippen molar-refractivity contribution in [3.05, 3.63) is 42.1 Å². The summed E-state index contributed by atoms with van der Waals surface area (Å²) in [5.41, 5.74) is 7.34. The van der Waals surface area contributed by atoms with E-state index in [4.69, 9.17) is 15.7 Å². The molecule has 3 heterocycles. The third kappa shape index (κ3) is 4.76. The molecule has 0 bridgehead atoms. The van der Waals surface area contributed by atoms with E-state index in [1.807, 2.05) is 24.3 Å². The summed E-state index contributed by atoms with van der Waals surface area (Å²) in [4.78, 5) is 32.2. The summed E-state index contributed by atoms with van der Waals surface area (Å²) < 4.78 is 0. The van der Waals surface area contributed by atoms with Gasteiger partial charge in [-0.05, 0) is 51.8 Å². The van der Waals surface area contributed by atoms with E-state index in [0.29, 0.717) is 23.6 Å². The topological polar surface area (TPSA) is 99.7 Å². The summed E-state index contributed by atoms with van der Waals surface area (Å²) >= 11 is 0. The van der Waals surface area contributed by atoms with Crippen LogP contribution in [0, 0.1) is 5.92 Å². The number of fused-ring (bicyclic) bond motifs is 1. The van der Waals surface area contributed by atoms with Gasteiger partial charge in [0.25, 0.3) is 0 Å². The number of carbonyl (C=O) groups excluding carboxylic acids is 1. The third-order valence-corrected chi connectivity index (χ3v) is 7.65. The van der Waals surface area contributed by atoms with Gasteiger partial charge >= 0.3 is 0 Å².